The van der Waals surface area contributed by atoms with E-state index in [9.17, 15) is 4.79 Å². The highest BCUT2D eigenvalue weighted by Crippen LogP contribution is 2.25. The first kappa shape index (κ1) is 15.5. The van der Waals surface area contributed by atoms with E-state index < -0.39 is 0 Å². The highest BCUT2D eigenvalue weighted by molar-refractivity contribution is 5.92. The second-order valence-electron chi connectivity index (χ2n) is 6.76. The van der Waals surface area contributed by atoms with E-state index in [0.29, 0.717) is 11.6 Å². The third-order valence-corrected chi connectivity index (χ3v) is 4.93. The molecule has 0 aliphatic carbocycles. The van der Waals surface area contributed by atoms with Gasteiger partial charge in [0.1, 0.15) is 5.69 Å². The van der Waals surface area contributed by atoms with Crippen molar-refractivity contribution in [2.24, 2.45) is 0 Å². The molecule has 0 unspecified atom stereocenters. The molecule has 1 aromatic rings. The Morgan fingerprint density at radius 1 is 1.09 bits per heavy atom. The van der Waals surface area contributed by atoms with Gasteiger partial charge in [-0.25, -0.2) is 4.98 Å². The van der Waals surface area contributed by atoms with Crippen LogP contribution in [0, 0.1) is 0 Å². The van der Waals surface area contributed by atoms with Gasteiger partial charge in [0.2, 0.25) is 0 Å². The molecule has 0 N–H and O–H groups in total. The lowest BCUT2D eigenvalue weighted by Crippen LogP contribution is -2.33. The highest BCUT2D eigenvalue weighted by Gasteiger charge is 2.23. The zero-order valence-corrected chi connectivity index (χ0v) is 13.6. The Morgan fingerprint density at radius 3 is 2.59 bits per heavy atom. The minimum Gasteiger partial charge on any atom is -0.337 e. The number of likely N-dealkylation sites (N-methyl/N-ethyl adjacent to an activating group) is 1. The van der Waals surface area contributed by atoms with Gasteiger partial charge in [0.05, 0.1) is 0 Å². The molecular weight excluding hydrogens is 274 g/mol. The average molecular weight is 301 g/mol. The fourth-order valence-corrected chi connectivity index (χ4v) is 3.64. The van der Waals surface area contributed by atoms with E-state index in [2.05, 4.69) is 18.0 Å². The number of hydrogen-bond donors (Lipinski definition) is 0. The highest BCUT2D eigenvalue weighted by atomic mass is 16.2. The molecule has 0 aromatic carbocycles. The van der Waals surface area contributed by atoms with E-state index in [1.807, 2.05) is 17.0 Å². The SMILES string of the molecule is CN1CCC[C@H](c2cccc(C(=O)N3CCCCCC3)n2)C1. The molecule has 0 radical (unpaired) electrons. The molecule has 3 heterocycles. The van der Waals surface area contributed by atoms with Gasteiger partial charge in [-0.05, 0) is 51.4 Å². The zero-order valence-electron chi connectivity index (χ0n) is 13.6. The molecule has 1 amide bonds. The summed E-state index contributed by atoms with van der Waals surface area (Å²) in [5.41, 5.74) is 1.72. The third kappa shape index (κ3) is 3.67. The van der Waals surface area contributed by atoms with Crippen LogP contribution in [0.5, 0.6) is 0 Å². The molecule has 4 heteroatoms. The van der Waals surface area contributed by atoms with Gasteiger partial charge in [-0.3, -0.25) is 4.79 Å². The second-order valence-corrected chi connectivity index (χ2v) is 6.76. The minimum absolute atomic E-state index is 0.118. The summed E-state index contributed by atoms with van der Waals surface area (Å²) < 4.78 is 0. The average Bonchev–Trinajstić information content (AvgIpc) is 2.83. The number of carbonyl (C=O) groups excluding carboxylic acids is 1. The van der Waals surface area contributed by atoms with Gasteiger partial charge in [-0.2, -0.15) is 0 Å². The summed E-state index contributed by atoms with van der Waals surface area (Å²) in [4.78, 5) is 21.8. The van der Waals surface area contributed by atoms with Gasteiger partial charge in [-0.15, -0.1) is 0 Å². The van der Waals surface area contributed by atoms with Crippen molar-refractivity contribution < 1.29 is 4.79 Å². The second kappa shape index (κ2) is 7.23. The molecule has 22 heavy (non-hydrogen) atoms. The standard InChI is InChI=1S/C18H27N3O/c1-20-11-7-8-15(14-20)16-9-6-10-17(19-16)18(22)21-12-4-2-3-5-13-21/h6,9-10,15H,2-5,7-8,11-14H2,1H3/t15-/m0/s1. The van der Waals surface area contributed by atoms with Crippen LogP contribution in [0.1, 0.15) is 60.6 Å². The molecule has 2 aliphatic heterocycles. The maximum absolute atomic E-state index is 12.7. The van der Waals surface area contributed by atoms with Gasteiger partial charge in [-0.1, -0.05) is 18.9 Å². The largest absolute Gasteiger partial charge is 0.337 e. The lowest BCUT2D eigenvalue weighted by Gasteiger charge is -2.29. The molecule has 2 fully saturated rings. The van der Waals surface area contributed by atoms with Crippen molar-refractivity contribution in [3.63, 3.8) is 0 Å². The lowest BCUT2D eigenvalue weighted by atomic mass is 9.94. The predicted molar refractivity (Wildman–Crippen MR) is 88.1 cm³/mol. The molecule has 120 valence electrons. The monoisotopic (exact) mass is 301 g/mol. The van der Waals surface area contributed by atoms with Gasteiger partial charge in [0.15, 0.2) is 0 Å². The summed E-state index contributed by atoms with van der Waals surface area (Å²) >= 11 is 0. The van der Waals surface area contributed by atoms with Crippen molar-refractivity contribution in [2.75, 3.05) is 33.2 Å². The van der Waals surface area contributed by atoms with Crippen molar-refractivity contribution in [1.82, 2.24) is 14.8 Å². The van der Waals surface area contributed by atoms with Gasteiger partial charge < -0.3 is 9.80 Å². The van der Waals surface area contributed by atoms with Crippen molar-refractivity contribution >= 4 is 5.91 Å². The van der Waals surface area contributed by atoms with E-state index in [4.69, 9.17) is 4.98 Å². The molecule has 3 rings (SSSR count). The topological polar surface area (TPSA) is 36.4 Å². The van der Waals surface area contributed by atoms with Crippen molar-refractivity contribution in [3.8, 4) is 0 Å². The predicted octanol–water partition coefficient (Wildman–Crippen LogP) is 2.91. The molecular formula is C18H27N3O. The number of amides is 1. The third-order valence-electron chi connectivity index (χ3n) is 4.93. The minimum atomic E-state index is 0.118. The maximum atomic E-state index is 12.7. The first-order chi connectivity index (χ1) is 10.7. The van der Waals surface area contributed by atoms with Crippen LogP contribution in [0.25, 0.3) is 0 Å². The number of nitrogens with zero attached hydrogens (tertiary/aromatic N) is 3. The fraction of sp³-hybridized carbons (Fsp3) is 0.667. The Kier molecular flexibility index (Phi) is 5.08. The van der Waals surface area contributed by atoms with E-state index in [0.717, 1.165) is 38.2 Å². The van der Waals surface area contributed by atoms with E-state index in [-0.39, 0.29) is 5.91 Å². The zero-order chi connectivity index (χ0) is 15.4. The summed E-state index contributed by atoms with van der Waals surface area (Å²) in [6.45, 7) is 3.99. The fourth-order valence-electron chi connectivity index (χ4n) is 3.64. The number of aromatic nitrogens is 1. The summed E-state index contributed by atoms with van der Waals surface area (Å²) in [6.07, 6.45) is 7.13. The van der Waals surface area contributed by atoms with E-state index in [1.165, 1.54) is 32.2 Å². The molecule has 2 aliphatic rings. The Bertz CT molecular complexity index is 509. The van der Waals surface area contributed by atoms with E-state index >= 15 is 0 Å². The number of rotatable bonds is 2. The first-order valence-electron chi connectivity index (χ1n) is 8.69. The van der Waals surface area contributed by atoms with Gasteiger partial charge in [0, 0.05) is 31.2 Å². The van der Waals surface area contributed by atoms with Crippen molar-refractivity contribution in [1.29, 1.82) is 0 Å². The lowest BCUT2D eigenvalue weighted by molar-refractivity contribution is 0.0755. The summed E-state index contributed by atoms with van der Waals surface area (Å²) in [6, 6.07) is 5.97. The normalized spacial score (nSPS) is 24.0. The summed E-state index contributed by atoms with van der Waals surface area (Å²) in [7, 11) is 2.17. The van der Waals surface area contributed by atoms with Crippen LogP contribution in [-0.4, -0.2) is 53.9 Å². The number of piperidine rings is 1. The number of pyridine rings is 1. The summed E-state index contributed by atoms with van der Waals surface area (Å²) in [5, 5.41) is 0. The quantitative estimate of drug-likeness (QED) is 0.843. The number of carbonyl (C=O) groups is 1. The molecule has 0 spiro atoms. The Morgan fingerprint density at radius 2 is 1.86 bits per heavy atom. The van der Waals surface area contributed by atoms with Crippen LogP contribution in [0.15, 0.2) is 18.2 Å². The Hall–Kier alpha value is -1.42. The maximum Gasteiger partial charge on any atom is 0.272 e. The summed E-state index contributed by atoms with van der Waals surface area (Å²) in [5.74, 6) is 0.587. The van der Waals surface area contributed by atoms with Crippen LogP contribution < -0.4 is 0 Å². The Balaban J connectivity index is 1.73. The van der Waals surface area contributed by atoms with Crippen LogP contribution in [-0.2, 0) is 0 Å². The van der Waals surface area contributed by atoms with Crippen molar-refractivity contribution in [2.45, 2.75) is 44.4 Å². The first-order valence-corrected chi connectivity index (χ1v) is 8.69. The van der Waals surface area contributed by atoms with Crippen LogP contribution >= 0.6 is 0 Å². The van der Waals surface area contributed by atoms with Crippen LogP contribution in [0.4, 0.5) is 0 Å². The van der Waals surface area contributed by atoms with Crippen LogP contribution in [0.3, 0.4) is 0 Å². The smallest absolute Gasteiger partial charge is 0.272 e. The molecule has 0 saturated carbocycles. The van der Waals surface area contributed by atoms with Gasteiger partial charge >= 0.3 is 0 Å². The van der Waals surface area contributed by atoms with Crippen LogP contribution in [0.2, 0.25) is 0 Å². The number of likely N-dealkylation sites (tertiary alicyclic amines) is 2. The number of hydrogen-bond acceptors (Lipinski definition) is 3. The van der Waals surface area contributed by atoms with Crippen molar-refractivity contribution in [3.05, 3.63) is 29.6 Å². The molecule has 4 nitrogen and oxygen atoms in total. The Labute approximate surface area is 133 Å². The van der Waals surface area contributed by atoms with E-state index in [1.54, 1.807) is 0 Å². The van der Waals surface area contributed by atoms with Gasteiger partial charge in [0.25, 0.3) is 5.91 Å². The molecule has 1 aromatic heterocycles. The molecule has 1 atom stereocenters. The molecule has 2 saturated heterocycles. The molecule has 0 bridgehead atoms.